The lowest BCUT2D eigenvalue weighted by molar-refractivity contribution is -0.122. The molecule has 0 unspecified atom stereocenters. The smallest absolute Gasteiger partial charge is 0.253 e. The molecule has 3 aromatic rings. The number of nitrogens with zero attached hydrogens (tertiary/aromatic N) is 2. The quantitative estimate of drug-likeness (QED) is 0.371. The van der Waals surface area contributed by atoms with E-state index >= 15 is 0 Å². The minimum absolute atomic E-state index is 0.191. The van der Waals surface area contributed by atoms with Crippen LogP contribution < -0.4 is 25.2 Å². The van der Waals surface area contributed by atoms with E-state index < -0.39 is 5.41 Å². The van der Waals surface area contributed by atoms with Crippen LogP contribution >= 0.6 is 11.6 Å². The van der Waals surface area contributed by atoms with E-state index in [9.17, 15) is 9.59 Å². The van der Waals surface area contributed by atoms with Crippen molar-refractivity contribution in [3.63, 3.8) is 0 Å². The first-order chi connectivity index (χ1) is 18.3. The number of hydrogen-bond donors (Lipinski definition) is 2. The van der Waals surface area contributed by atoms with Crippen LogP contribution in [0.25, 0.3) is 0 Å². The van der Waals surface area contributed by atoms with E-state index in [1.54, 1.807) is 27.0 Å². The van der Waals surface area contributed by atoms with Crippen LogP contribution in [0.4, 0.5) is 17.1 Å². The number of carbonyl (C=O) groups excluding carboxylic acids is 2. The van der Waals surface area contributed by atoms with E-state index in [0.717, 1.165) is 48.9 Å². The summed E-state index contributed by atoms with van der Waals surface area (Å²) in [6.07, 6.45) is 0. The van der Waals surface area contributed by atoms with Crippen LogP contribution in [-0.4, -0.2) is 51.0 Å². The van der Waals surface area contributed by atoms with Gasteiger partial charge in [-0.3, -0.25) is 9.59 Å². The highest BCUT2D eigenvalue weighted by Crippen LogP contribution is 2.31. The van der Waals surface area contributed by atoms with E-state index in [0.29, 0.717) is 17.8 Å². The Bertz CT molecular complexity index is 1260. The van der Waals surface area contributed by atoms with Crippen LogP contribution in [0.15, 0.2) is 72.8 Å². The van der Waals surface area contributed by atoms with Crippen molar-refractivity contribution in [2.24, 2.45) is 5.41 Å². The maximum Gasteiger partial charge on any atom is 0.253 e. The molecule has 0 aliphatic carbocycles. The number of carbonyl (C=O) groups is 2. The largest absolute Gasteiger partial charge is 0.495 e. The molecule has 0 bridgehead atoms. The number of halogens is 1. The Kier molecular flexibility index (Phi) is 8.79. The molecule has 0 spiro atoms. The zero-order chi connectivity index (χ0) is 27.1. The predicted octanol–water partition coefficient (Wildman–Crippen LogP) is 5.16. The Morgan fingerprint density at radius 3 is 2.18 bits per heavy atom. The van der Waals surface area contributed by atoms with Crippen molar-refractivity contribution < 1.29 is 14.3 Å². The van der Waals surface area contributed by atoms with E-state index in [2.05, 4.69) is 26.5 Å². The summed E-state index contributed by atoms with van der Waals surface area (Å²) in [5.74, 6) is 0.657. The molecule has 1 aliphatic heterocycles. The summed E-state index contributed by atoms with van der Waals surface area (Å²) in [5.41, 5.74) is 3.27. The number of amides is 2. The highest BCUT2D eigenvalue weighted by atomic mass is 35.5. The molecular weight excluding hydrogens is 500 g/mol. The predicted molar refractivity (Wildman–Crippen MR) is 155 cm³/mol. The van der Waals surface area contributed by atoms with Gasteiger partial charge in [0.25, 0.3) is 5.91 Å². The van der Waals surface area contributed by atoms with E-state index in [-0.39, 0.29) is 17.7 Å². The Morgan fingerprint density at radius 2 is 1.53 bits per heavy atom. The lowest BCUT2D eigenvalue weighted by Gasteiger charge is -2.38. The third-order valence-electron chi connectivity index (χ3n) is 6.79. The van der Waals surface area contributed by atoms with Crippen LogP contribution in [0, 0.1) is 5.41 Å². The molecule has 7 nitrogen and oxygen atoms in total. The van der Waals surface area contributed by atoms with Gasteiger partial charge in [0.2, 0.25) is 5.91 Å². The first-order valence-corrected chi connectivity index (χ1v) is 13.3. The fourth-order valence-electron chi connectivity index (χ4n) is 4.39. The number of piperazine rings is 1. The van der Waals surface area contributed by atoms with Crippen molar-refractivity contribution in [3.8, 4) is 5.75 Å². The van der Waals surface area contributed by atoms with Gasteiger partial charge < -0.3 is 25.2 Å². The molecule has 1 fully saturated rings. The average Bonchev–Trinajstić information content (AvgIpc) is 2.96. The summed E-state index contributed by atoms with van der Waals surface area (Å²) in [5, 5.41) is 5.97. The van der Waals surface area contributed by atoms with Crippen molar-refractivity contribution in [1.82, 2.24) is 5.32 Å². The number of rotatable bonds is 9. The summed E-state index contributed by atoms with van der Waals surface area (Å²) in [4.78, 5) is 30.7. The van der Waals surface area contributed by atoms with Gasteiger partial charge in [-0.2, -0.15) is 0 Å². The van der Waals surface area contributed by atoms with Crippen molar-refractivity contribution in [2.75, 3.05) is 54.3 Å². The van der Waals surface area contributed by atoms with Crippen LogP contribution in [0.1, 0.15) is 29.8 Å². The topological polar surface area (TPSA) is 73.9 Å². The number of methoxy groups -OCH3 is 1. The molecule has 0 saturated carbocycles. The maximum atomic E-state index is 13.4. The Morgan fingerprint density at radius 1 is 0.895 bits per heavy atom. The second kappa shape index (κ2) is 12.2. The number of benzene rings is 3. The first kappa shape index (κ1) is 27.3. The highest BCUT2D eigenvalue weighted by molar-refractivity contribution is 6.20. The Labute approximate surface area is 229 Å². The van der Waals surface area contributed by atoms with E-state index in [1.807, 2.05) is 60.7 Å². The normalized spacial score (nSPS) is 13.7. The molecule has 38 heavy (non-hydrogen) atoms. The summed E-state index contributed by atoms with van der Waals surface area (Å²) >= 11 is 5.99. The third kappa shape index (κ3) is 6.40. The molecule has 0 aromatic heterocycles. The molecule has 4 rings (SSSR count). The highest BCUT2D eigenvalue weighted by Gasteiger charge is 2.28. The van der Waals surface area contributed by atoms with Gasteiger partial charge in [0.1, 0.15) is 5.75 Å². The zero-order valence-corrected chi connectivity index (χ0v) is 22.9. The number of para-hydroxylation sites is 2. The van der Waals surface area contributed by atoms with Crippen LogP contribution in [0.5, 0.6) is 5.75 Å². The SMILES string of the molecule is COc1ccccc1N1CCN(c2ccc(NC(=O)C(C)(C)CCl)cc2C(=O)NCc2ccccc2)CC1. The monoisotopic (exact) mass is 534 g/mol. The molecule has 1 aliphatic rings. The van der Waals surface area contributed by atoms with Crippen molar-refractivity contribution in [3.05, 3.63) is 83.9 Å². The standard InChI is InChI=1S/C30H35ClN4O3/c1-30(2,21-31)29(37)33-23-13-14-25(24(19-23)28(36)32-20-22-9-5-4-6-10-22)34-15-17-35(18-16-34)26-11-7-8-12-27(26)38-3/h4-14,19H,15-18,20-21H2,1-3H3,(H,32,36)(H,33,37). The summed E-state index contributed by atoms with van der Waals surface area (Å²) in [6.45, 7) is 7.04. The number of anilines is 3. The second-order valence-corrected chi connectivity index (χ2v) is 10.3. The lowest BCUT2D eigenvalue weighted by Crippen LogP contribution is -2.47. The number of ether oxygens (including phenoxy) is 1. The average molecular weight is 535 g/mol. The van der Waals surface area contributed by atoms with Gasteiger partial charge in [-0.25, -0.2) is 0 Å². The second-order valence-electron chi connectivity index (χ2n) is 10.0. The summed E-state index contributed by atoms with van der Waals surface area (Å²) < 4.78 is 5.55. The number of hydrogen-bond acceptors (Lipinski definition) is 5. The summed E-state index contributed by atoms with van der Waals surface area (Å²) in [6, 6.07) is 23.3. The zero-order valence-electron chi connectivity index (χ0n) is 22.2. The molecule has 0 atom stereocenters. The van der Waals surface area contributed by atoms with Gasteiger partial charge in [-0.05, 0) is 49.7 Å². The fraction of sp³-hybridized carbons (Fsp3) is 0.333. The Balaban J connectivity index is 1.55. The molecule has 1 saturated heterocycles. The van der Waals surface area contributed by atoms with Gasteiger partial charge >= 0.3 is 0 Å². The molecule has 200 valence electrons. The molecule has 1 heterocycles. The first-order valence-electron chi connectivity index (χ1n) is 12.8. The fourth-order valence-corrected chi connectivity index (χ4v) is 4.51. The summed E-state index contributed by atoms with van der Waals surface area (Å²) in [7, 11) is 1.68. The molecule has 0 radical (unpaired) electrons. The number of alkyl halides is 1. The maximum absolute atomic E-state index is 13.4. The van der Waals surface area contributed by atoms with Crippen LogP contribution in [-0.2, 0) is 11.3 Å². The van der Waals surface area contributed by atoms with Crippen LogP contribution in [0.2, 0.25) is 0 Å². The van der Waals surface area contributed by atoms with Gasteiger partial charge in [0.05, 0.1) is 23.8 Å². The third-order valence-corrected chi connectivity index (χ3v) is 7.46. The molecule has 2 N–H and O–H groups in total. The van der Waals surface area contributed by atoms with Gasteiger partial charge in [0, 0.05) is 50.0 Å². The Hall–Kier alpha value is -3.71. The van der Waals surface area contributed by atoms with Gasteiger partial charge in [-0.1, -0.05) is 42.5 Å². The lowest BCUT2D eigenvalue weighted by atomic mass is 9.95. The number of nitrogens with one attached hydrogen (secondary N) is 2. The molecule has 8 heteroatoms. The minimum Gasteiger partial charge on any atom is -0.495 e. The van der Waals surface area contributed by atoms with Crippen molar-refractivity contribution >= 4 is 40.5 Å². The van der Waals surface area contributed by atoms with Crippen molar-refractivity contribution in [2.45, 2.75) is 20.4 Å². The van der Waals surface area contributed by atoms with Crippen molar-refractivity contribution in [1.29, 1.82) is 0 Å². The molecule has 2 amide bonds. The van der Waals surface area contributed by atoms with E-state index in [1.165, 1.54) is 0 Å². The van der Waals surface area contributed by atoms with Gasteiger partial charge in [0.15, 0.2) is 0 Å². The van der Waals surface area contributed by atoms with Gasteiger partial charge in [-0.15, -0.1) is 11.6 Å². The van der Waals surface area contributed by atoms with E-state index in [4.69, 9.17) is 16.3 Å². The molecule has 3 aromatic carbocycles. The molecular formula is C30H35ClN4O3. The van der Waals surface area contributed by atoms with Crippen LogP contribution in [0.3, 0.4) is 0 Å². The minimum atomic E-state index is -0.731.